The molecule has 0 unspecified atom stereocenters. The van der Waals surface area contributed by atoms with E-state index in [-0.39, 0.29) is 18.6 Å². The topological polar surface area (TPSA) is 79.1 Å². The van der Waals surface area contributed by atoms with E-state index in [1.54, 1.807) is 24.4 Å². The molecule has 158 valence electrons. The Balaban J connectivity index is 1.71. The molecule has 8 heteroatoms. The monoisotopic (exact) mass is 474 g/mol. The number of rotatable bonds is 8. The lowest BCUT2D eigenvalue weighted by atomic mass is 10.1. The largest absolute Gasteiger partial charge is 0.490 e. The van der Waals surface area contributed by atoms with Crippen molar-refractivity contribution in [3.63, 3.8) is 0 Å². The summed E-state index contributed by atoms with van der Waals surface area (Å²) in [6.07, 6.45) is 1.76. The van der Waals surface area contributed by atoms with Crippen LogP contribution in [0, 0.1) is 6.92 Å². The molecule has 0 fully saturated rings. The van der Waals surface area contributed by atoms with Crippen molar-refractivity contribution >= 4 is 27.5 Å². The van der Waals surface area contributed by atoms with Crippen LogP contribution in [-0.2, 0) is 22.6 Å². The molecule has 0 bridgehead atoms. The molecule has 0 saturated heterocycles. The number of carbonyl (C=O) groups is 1. The lowest BCUT2D eigenvalue weighted by molar-refractivity contribution is -0.144. The van der Waals surface area contributed by atoms with Gasteiger partial charge >= 0.3 is 5.97 Å². The summed E-state index contributed by atoms with van der Waals surface area (Å²) >= 11 is 3.47. The highest BCUT2D eigenvalue weighted by atomic mass is 79.9. The lowest BCUT2D eigenvalue weighted by Gasteiger charge is -2.14. The Labute approximate surface area is 182 Å². The van der Waals surface area contributed by atoms with E-state index >= 15 is 0 Å². The Morgan fingerprint density at radius 3 is 2.50 bits per heavy atom. The number of aryl methyl sites for hydroxylation is 1. The van der Waals surface area contributed by atoms with Gasteiger partial charge in [0.1, 0.15) is 12.3 Å². The summed E-state index contributed by atoms with van der Waals surface area (Å²) in [6, 6.07) is 8.55. The van der Waals surface area contributed by atoms with E-state index < -0.39 is 5.97 Å². The van der Waals surface area contributed by atoms with Crippen molar-refractivity contribution in [2.24, 2.45) is 0 Å². The maximum absolute atomic E-state index is 12.4. The van der Waals surface area contributed by atoms with Crippen LogP contribution in [0.25, 0.3) is 5.65 Å². The molecular weight excluding hydrogens is 452 g/mol. The van der Waals surface area contributed by atoms with E-state index in [2.05, 4.69) is 20.9 Å². The molecule has 0 atom stereocenters. The molecule has 0 radical (unpaired) electrons. The van der Waals surface area contributed by atoms with Gasteiger partial charge in [-0.25, -0.2) is 4.98 Å². The average Bonchev–Trinajstić information content (AvgIpc) is 2.70. The zero-order valence-electron chi connectivity index (χ0n) is 17.1. The first-order valence-electron chi connectivity index (χ1n) is 9.63. The van der Waals surface area contributed by atoms with Gasteiger partial charge in [0, 0.05) is 16.7 Å². The highest BCUT2D eigenvalue weighted by molar-refractivity contribution is 9.10. The molecule has 3 rings (SSSR count). The zero-order chi connectivity index (χ0) is 21.7. The van der Waals surface area contributed by atoms with E-state index in [0.29, 0.717) is 41.6 Å². The van der Waals surface area contributed by atoms with Crippen LogP contribution in [-0.4, -0.2) is 28.6 Å². The number of fused-ring (bicyclic) bond motifs is 1. The van der Waals surface area contributed by atoms with E-state index in [1.807, 2.05) is 26.8 Å². The first-order chi connectivity index (χ1) is 14.4. The molecule has 0 spiro atoms. The third-order valence-electron chi connectivity index (χ3n) is 4.29. The normalized spacial score (nSPS) is 10.8. The van der Waals surface area contributed by atoms with E-state index in [0.717, 1.165) is 10.0 Å². The van der Waals surface area contributed by atoms with Crippen LogP contribution < -0.4 is 15.0 Å². The van der Waals surface area contributed by atoms with Gasteiger partial charge < -0.3 is 14.2 Å². The van der Waals surface area contributed by atoms with Crippen LogP contribution in [0.3, 0.4) is 0 Å². The smallest absolute Gasteiger partial charge is 0.310 e. The number of nitrogens with zero attached hydrogens (tertiary/aromatic N) is 2. The minimum Gasteiger partial charge on any atom is -0.490 e. The fourth-order valence-corrected chi connectivity index (χ4v) is 3.40. The first-order valence-corrected chi connectivity index (χ1v) is 10.4. The summed E-state index contributed by atoms with van der Waals surface area (Å²) in [6.45, 7) is 6.58. The van der Waals surface area contributed by atoms with Gasteiger partial charge in [0.2, 0.25) is 0 Å². The fourth-order valence-electron chi connectivity index (χ4n) is 2.94. The molecule has 30 heavy (non-hydrogen) atoms. The third kappa shape index (κ3) is 5.18. The number of pyridine rings is 1. The molecular formula is C22H23BrN2O5. The standard InChI is InChI=1S/C22H23BrN2O5/c1-4-28-18-8-15(17(23)11-19(18)29-5-2)9-22(27)30-13-16-10-21(26)25-12-14(3)6-7-20(25)24-16/h6-8,10-12H,4-5,9,13H2,1-3H3. The molecule has 2 aromatic heterocycles. The van der Waals surface area contributed by atoms with E-state index in [4.69, 9.17) is 14.2 Å². The number of esters is 1. The van der Waals surface area contributed by atoms with Gasteiger partial charge in [0.15, 0.2) is 11.5 Å². The van der Waals surface area contributed by atoms with Gasteiger partial charge in [-0.1, -0.05) is 22.0 Å². The minimum absolute atomic E-state index is 0.0405. The number of aromatic nitrogens is 2. The average molecular weight is 475 g/mol. The Hall–Kier alpha value is -2.87. The fraction of sp³-hybridized carbons (Fsp3) is 0.318. The molecule has 7 nitrogen and oxygen atoms in total. The van der Waals surface area contributed by atoms with Crippen molar-refractivity contribution in [2.75, 3.05) is 13.2 Å². The highest BCUT2D eigenvalue weighted by Gasteiger charge is 2.15. The Morgan fingerprint density at radius 2 is 1.80 bits per heavy atom. The Bertz CT molecular complexity index is 1130. The van der Waals surface area contributed by atoms with Gasteiger partial charge in [-0.05, 0) is 50.1 Å². The molecule has 3 aromatic rings. The molecule has 0 saturated carbocycles. The Morgan fingerprint density at radius 1 is 1.10 bits per heavy atom. The van der Waals surface area contributed by atoms with E-state index in [1.165, 1.54) is 10.5 Å². The molecule has 1 aromatic carbocycles. The van der Waals surface area contributed by atoms with Gasteiger partial charge in [-0.15, -0.1) is 0 Å². The predicted molar refractivity (Wildman–Crippen MR) is 116 cm³/mol. The van der Waals surface area contributed by atoms with Gasteiger partial charge in [-0.3, -0.25) is 14.0 Å². The molecule has 0 aliphatic rings. The summed E-state index contributed by atoms with van der Waals surface area (Å²) in [7, 11) is 0. The molecule has 0 aliphatic heterocycles. The van der Waals surface area contributed by atoms with Gasteiger partial charge in [-0.2, -0.15) is 0 Å². The number of ether oxygens (including phenoxy) is 3. The second-order valence-electron chi connectivity index (χ2n) is 6.61. The number of benzene rings is 1. The first kappa shape index (κ1) is 21.8. The van der Waals surface area contributed by atoms with Crippen molar-refractivity contribution < 1.29 is 19.0 Å². The minimum atomic E-state index is -0.437. The lowest BCUT2D eigenvalue weighted by Crippen LogP contribution is -2.17. The van der Waals surface area contributed by atoms with Crippen molar-refractivity contribution in [2.45, 2.75) is 33.8 Å². The number of hydrogen-bond acceptors (Lipinski definition) is 6. The molecule has 0 aliphatic carbocycles. The van der Waals surface area contributed by atoms with Crippen molar-refractivity contribution in [1.29, 1.82) is 0 Å². The van der Waals surface area contributed by atoms with E-state index in [9.17, 15) is 9.59 Å². The summed E-state index contributed by atoms with van der Waals surface area (Å²) in [5.41, 5.74) is 2.37. The van der Waals surface area contributed by atoms with Gasteiger partial charge in [0.05, 0.1) is 25.3 Å². The zero-order valence-corrected chi connectivity index (χ0v) is 18.7. The number of carbonyl (C=O) groups excluding carboxylic acids is 1. The summed E-state index contributed by atoms with van der Waals surface area (Å²) in [5.74, 6) is 0.748. The van der Waals surface area contributed by atoms with Crippen molar-refractivity contribution in [3.8, 4) is 11.5 Å². The number of halogens is 1. The quantitative estimate of drug-likeness (QED) is 0.461. The number of hydrogen-bond donors (Lipinski definition) is 0. The predicted octanol–water partition coefficient (Wildman–Crippen LogP) is 3.85. The van der Waals surface area contributed by atoms with Crippen molar-refractivity contribution in [1.82, 2.24) is 9.38 Å². The van der Waals surface area contributed by atoms with Gasteiger partial charge in [0.25, 0.3) is 5.56 Å². The second-order valence-corrected chi connectivity index (χ2v) is 7.47. The Kier molecular flexibility index (Phi) is 7.10. The summed E-state index contributed by atoms with van der Waals surface area (Å²) in [5, 5.41) is 0. The van der Waals surface area contributed by atoms with Crippen LogP contribution in [0.1, 0.15) is 30.7 Å². The maximum Gasteiger partial charge on any atom is 0.310 e. The van der Waals surface area contributed by atoms with Crippen LogP contribution >= 0.6 is 15.9 Å². The van der Waals surface area contributed by atoms with Crippen LogP contribution in [0.15, 0.2) is 45.8 Å². The third-order valence-corrected chi connectivity index (χ3v) is 5.03. The highest BCUT2D eigenvalue weighted by Crippen LogP contribution is 2.34. The van der Waals surface area contributed by atoms with Crippen LogP contribution in [0.2, 0.25) is 0 Å². The summed E-state index contributed by atoms with van der Waals surface area (Å²) < 4.78 is 18.7. The molecule has 2 heterocycles. The summed E-state index contributed by atoms with van der Waals surface area (Å²) in [4.78, 5) is 29.0. The maximum atomic E-state index is 12.4. The SMILES string of the molecule is CCOc1cc(Br)c(CC(=O)OCc2cc(=O)n3cc(C)ccc3n2)cc1OCC. The van der Waals surface area contributed by atoms with Crippen LogP contribution in [0.5, 0.6) is 11.5 Å². The second kappa shape index (κ2) is 9.75. The molecule has 0 N–H and O–H groups in total. The molecule has 0 amide bonds. The van der Waals surface area contributed by atoms with Crippen LogP contribution in [0.4, 0.5) is 0 Å². The van der Waals surface area contributed by atoms with Crippen molar-refractivity contribution in [3.05, 3.63) is 68.2 Å².